The van der Waals surface area contributed by atoms with Crippen LogP contribution in [0.5, 0.6) is 5.75 Å². The lowest BCUT2D eigenvalue weighted by Gasteiger charge is -2.17. The molecule has 2 aliphatic rings. The molecule has 2 amide bonds. The van der Waals surface area contributed by atoms with Crippen molar-refractivity contribution in [1.82, 2.24) is 15.4 Å². The number of hydrogen-bond acceptors (Lipinski definition) is 6. The van der Waals surface area contributed by atoms with E-state index >= 15 is 0 Å². The highest BCUT2D eigenvalue weighted by Crippen LogP contribution is 2.23. The Morgan fingerprint density at radius 2 is 1.83 bits per heavy atom. The summed E-state index contributed by atoms with van der Waals surface area (Å²) in [6.07, 6.45) is 2.68. The van der Waals surface area contributed by atoms with E-state index < -0.39 is 16.1 Å². The van der Waals surface area contributed by atoms with Crippen molar-refractivity contribution in [3.8, 4) is 5.75 Å². The van der Waals surface area contributed by atoms with E-state index in [0.29, 0.717) is 30.3 Å². The number of carbonyl (C=O) groups is 2. The van der Waals surface area contributed by atoms with E-state index in [9.17, 15) is 18.0 Å². The van der Waals surface area contributed by atoms with E-state index in [2.05, 4.69) is 20.3 Å². The van der Waals surface area contributed by atoms with E-state index in [1.54, 1.807) is 30.3 Å². The molecule has 1 aliphatic heterocycles. The van der Waals surface area contributed by atoms with Gasteiger partial charge in [-0.2, -0.15) is 0 Å². The van der Waals surface area contributed by atoms with Crippen molar-refractivity contribution in [2.45, 2.75) is 50.1 Å². The number of rotatable bonds is 10. The van der Waals surface area contributed by atoms with Crippen LogP contribution in [0.15, 0.2) is 58.4 Å². The Labute approximate surface area is 205 Å². The molecule has 9 nitrogen and oxygen atoms in total. The number of amidine groups is 1. The topological polar surface area (TPSA) is 126 Å². The molecule has 0 unspecified atom stereocenters. The third-order valence-electron chi connectivity index (χ3n) is 5.78. The van der Waals surface area contributed by atoms with E-state index in [1.165, 1.54) is 6.07 Å². The van der Waals surface area contributed by atoms with Crippen molar-refractivity contribution in [3.63, 3.8) is 0 Å². The summed E-state index contributed by atoms with van der Waals surface area (Å²) in [4.78, 5) is 29.2. The molecule has 1 saturated carbocycles. The van der Waals surface area contributed by atoms with Crippen LogP contribution >= 0.6 is 0 Å². The standard InChI is InChI=1S/C25H30N4O5S/c1-16(2)23(28-24-20-5-3-4-6-21(20)35(32,33)29-24)25(31)26-14-13-17-7-11-19(12-8-17)34-15-22(30)27-18-9-10-18/h3-8,11-12,16,18,23H,9-10,13-15H2,1-2H3,(H,26,31)(H,27,30)(H,28,29)/t23-/m0/s1. The second-order valence-corrected chi connectivity index (χ2v) is 10.7. The van der Waals surface area contributed by atoms with Gasteiger partial charge in [0.1, 0.15) is 17.6 Å². The molecular formula is C25H30N4O5S. The lowest BCUT2D eigenvalue weighted by Crippen LogP contribution is -2.39. The largest absolute Gasteiger partial charge is 0.484 e. The fourth-order valence-corrected chi connectivity index (χ4v) is 4.95. The van der Waals surface area contributed by atoms with Gasteiger partial charge >= 0.3 is 0 Å². The van der Waals surface area contributed by atoms with Crippen LogP contribution in [0.3, 0.4) is 0 Å². The molecule has 1 heterocycles. The predicted octanol–water partition coefficient (Wildman–Crippen LogP) is 1.77. The first-order chi connectivity index (χ1) is 16.7. The van der Waals surface area contributed by atoms with Crippen LogP contribution in [0.2, 0.25) is 0 Å². The van der Waals surface area contributed by atoms with Crippen molar-refractivity contribution in [3.05, 3.63) is 59.7 Å². The Kier molecular flexibility index (Phi) is 7.39. The first-order valence-corrected chi connectivity index (χ1v) is 13.2. The highest BCUT2D eigenvalue weighted by atomic mass is 32.2. The molecule has 4 rings (SSSR count). The van der Waals surface area contributed by atoms with Crippen LogP contribution in [-0.4, -0.2) is 51.3 Å². The number of benzene rings is 2. The highest BCUT2D eigenvalue weighted by Gasteiger charge is 2.32. The molecule has 2 aromatic carbocycles. The average Bonchev–Trinajstić information content (AvgIpc) is 3.60. The first kappa shape index (κ1) is 24.7. The van der Waals surface area contributed by atoms with E-state index in [1.807, 2.05) is 26.0 Å². The second kappa shape index (κ2) is 10.5. The molecule has 1 aliphatic carbocycles. The molecule has 10 heteroatoms. The lowest BCUT2D eigenvalue weighted by atomic mass is 10.0. The zero-order chi connectivity index (χ0) is 25.0. The Bertz CT molecular complexity index is 1220. The van der Waals surface area contributed by atoms with Gasteiger partial charge in [-0.15, -0.1) is 0 Å². The summed E-state index contributed by atoms with van der Waals surface area (Å²) in [6, 6.07) is 13.5. The summed E-state index contributed by atoms with van der Waals surface area (Å²) in [5, 5.41) is 5.78. The number of sulfonamides is 1. The van der Waals surface area contributed by atoms with Gasteiger partial charge in [-0.1, -0.05) is 38.1 Å². The Balaban J connectivity index is 1.30. The molecular weight excluding hydrogens is 468 g/mol. The normalized spacial score (nSPS) is 18.0. The van der Waals surface area contributed by atoms with Gasteiger partial charge in [0.2, 0.25) is 5.91 Å². The predicted molar refractivity (Wildman–Crippen MR) is 132 cm³/mol. The number of aliphatic imine (C=N–C) groups is 1. The zero-order valence-electron chi connectivity index (χ0n) is 19.8. The fourth-order valence-electron chi connectivity index (χ4n) is 3.71. The smallest absolute Gasteiger partial charge is 0.263 e. The van der Waals surface area contributed by atoms with Gasteiger partial charge in [0.15, 0.2) is 6.61 Å². The van der Waals surface area contributed by atoms with E-state index in [0.717, 1.165) is 18.4 Å². The van der Waals surface area contributed by atoms with Crippen LogP contribution in [-0.2, 0) is 26.0 Å². The van der Waals surface area contributed by atoms with Crippen molar-refractivity contribution >= 4 is 27.7 Å². The maximum absolute atomic E-state index is 12.9. The summed E-state index contributed by atoms with van der Waals surface area (Å²) in [5.41, 5.74) is 1.48. The van der Waals surface area contributed by atoms with Crippen molar-refractivity contribution < 1.29 is 22.7 Å². The molecule has 0 spiro atoms. The number of ether oxygens (including phenoxy) is 1. The number of nitrogens with zero attached hydrogens (tertiary/aromatic N) is 1. The molecule has 0 radical (unpaired) electrons. The number of hydrogen-bond donors (Lipinski definition) is 3. The summed E-state index contributed by atoms with van der Waals surface area (Å²) in [6.45, 7) is 4.13. The molecule has 186 valence electrons. The zero-order valence-corrected chi connectivity index (χ0v) is 20.6. The van der Waals surface area contributed by atoms with Crippen LogP contribution in [0, 0.1) is 5.92 Å². The fraction of sp³-hybridized carbons (Fsp3) is 0.400. The molecule has 3 N–H and O–H groups in total. The minimum absolute atomic E-state index is 0.00830. The molecule has 2 aromatic rings. The molecule has 35 heavy (non-hydrogen) atoms. The quantitative estimate of drug-likeness (QED) is 0.460. The molecule has 1 atom stereocenters. The van der Waals surface area contributed by atoms with Crippen molar-refractivity contribution in [1.29, 1.82) is 0 Å². The summed E-state index contributed by atoms with van der Waals surface area (Å²) in [7, 11) is -3.67. The number of carbonyl (C=O) groups excluding carboxylic acids is 2. The van der Waals surface area contributed by atoms with Gasteiger partial charge in [-0.05, 0) is 55.0 Å². The Hall–Kier alpha value is -3.40. The third-order valence-corrected chi connectivity index (χ3v) is 7.18. The molecule has 0 aromatic heterocycles. The Morgan fingerprint density at radius 3 is 2.51 bits per heavy atom. The number of nitrogens with one attached hydrogen (secondary N) is 3. The first-order valence-electron chi connectivity index (χ1n) is 11.7. The van der Waals surface area contributed by atoms with Crippen LogP contribution in [0.25, 0.3) is 0 Å². The minimum Gasteiger partial charge on any atom is -0.484 e. The highest BCUT2D eigenvalue weighted by molar-refractivity contribution is 7.90. The minimum atomic E-state index is -3.67. The number of fused-ring (bicyclic) bond motifs is 1. The van der Waals surface area contributed by atoms with Crippen LogP contribution < -0.4 is 20.1 Å². The lowest BCUT2D eigenvalue weighted by molar-refractivity contribution is -0.123. The van der Waals surface area contributed by atoms with Crippen molar-refractivity contribution in [2.24, 2.45) is 10.9 Å². The molecule has 0 bridgehead atoms. The van der Waals surface area contributed by atoms with Gasteiger partial charge in [0, 0.05) is 18.2 Å². The maximum atomic E-state index is 12.9. The average molecular weight is 499 g/mol. The van der Waals surface area contributed by atoms with Gasteiger partial charge in [-0.25, -0.2) is 8.42 Å². The van der Waals surface area contributed by atoms with E-state index in [-0.39, 0.29) is 35.1 Å². The summed E-state index contributed by atoms with van der Waals surface area (Å²) >= 11 is 0. The van der Waals surface area contributed by atoms with Gasteiger partial charge in [0.25, 0.3) is 15.9 Å². The van der Waals surface area contributed by atoms with Gasteiger partial charge < -0.3 is 15.4 Å². The summed E-state index contributed by atoms with van der Waals surface area (Å²) in [5.74, 6) is 0.289. The second-order valence-electron chi connectivity index (χ2n) is 9.08. The van der Waals surface area contributed by atoms with E-state index in [4.69, 9.17) is 4.74 Å². The number of amides is 2. The van der Waals surface area contributed by atoms with Gasteiger partial charge in [0.05, 0.1) is 4.90 Å². The Morgan fingerprint density at radius 1 is 1.11 bits per heavy atom. The monoisotopic (exact) mass is 498 g/mol. The SMILES string of the molecule is CC(C)[C@H](N=C1NS(=O)(=O)c2ccccc21)C(=O)NCCc1ccc(OCC(=O)NC2CC2)cc1. The van der Waals surface area contributed by atoms with Crippen LogP contribution in [0.4, 0.5) is 0 Å². The van der Waals surface area contributed by atoms with Crippen molar-refractivity contribution in [2.75, 3.05) is 13.2 Å². The summed E-state index contributed by atoms with van der Waals surface area (Å²) < 4.78 is 32.6. The third kappa shape index (κ3) is 6.39. The maximum Gasteiger partial charge on any atom is 0.263 e. The molecule has 1 fully saturated rings. The van der Waals surface area contributed by atoms with Gasteiger partial charge in [-0.3, -0.25) is 19.3 Å². The molecule has 0 saturated heterocycles. The van der Waals surface area contributed by atoms with Crippen LogP contribution in [0.1, 0.15) is 37.8 Å².